The van der Waals surface area contributed by atoms with Crippen LogP contribution in [-0.2, 0) is 6.42 Å². The summed E-state index contributed by atoms with van der Waals surface area (Å²) in [5.74, 6) is 0. The first-order valence-electron chi connectivity index (χ1n) is 6.40. The van der Waals surface area contributed by atoms with Crippen LogP contribution in [-0.4, -0.2) is 6.04 Å². The molecule has 0 radical (unpaired) electrons. The van der Waals surface area contributed by atoms with E-state index < -0.39 is 0 Å². The van der Waals surface area contributed by atoms with E-state index in [0.717, 1.165) is 6.42 Å². The summed E-state index contributed by atoms with van der Waals surface area (Å²) in [5.41, 5.74) is 7.19. The van der Waals surface area contributed by atoms with Crippen LogP contribution in [0.3, 0.4) is 0 Å². The summed E-state index contributed by atoms with van der Waals surface area (Å²) >= 11 is 0. The van der Waals surface area contributed by atoms with Crippen molar-refractivity contribution in [3.63, 3.8) is 0 Å². The average Bonchev–Trinajstić information content (AvgIpc) is 2.38. The second kappa shape index (κ2) is 4.43. The maximum Gasteiger partial charge on any atom is 0.00509 e. The SMILES string of the molecule is CC(N)Cc1ccc2ccc3ccccc3c2c1. The van der Waals surface area contributed by atoms with Crippen LogP contribution in [0, 0.1) is 0 Å². The molecular weight excluding hydrogens is 218 g/mol. The lowest BCUT2D eigenvalue weighted by Crippen LogP contribution is -2.17. The van der Waals surface area contributed by atoms with Crippen LogP contribution >= 0.6 is 0 Å². The van der Waals surface area contributed by atoms with Crippen LogP contribution in [0.15, 0.2) is 54.6 Å². The van der Waals surface area contributed by atoms with Gasteiger partial charge in [-0.05, 0) is 40.5 Å². The van der Waals surface area contributed by atoms with Gasteiger partial charge in [-0.3, -0.25) is 0 Å². The van der Waals surface area contributed by atoms with E-state index in [9.17, 15) is 0 Å². The predicted molar refractivity (Wildman–Crippen MR) is 78.8 cm³/mol. The van der Waals surface area contributed by atoms with Gasteiger partial charge < -0.3 is 5.73 Å². The molecule has 3 rings (SSSR count). The van der Waals surface area contributed by atoms with Crippen molar-refractivity contribution in [2.45, 2.75) is 19.4 Å². The lowest BCUT2D eigenvalue weighted by atomic mass is 9.98. The maximum absolute atomic E-state index is 5.88. The van der Waals surface area contributed by atoms with E-state index in [4.69, 9.17) is 5.73 Å². The monoisotopic (exact) mass is 235 g/mol. The van der Waals surface area contributed by atoms with Crippen molar-refractivity contribution in [3.8, 4) is 0 Å². The molecule has 2 N–H and O–H groups in total. The van der Waals surface area contributed by atoms with Crippen molar-refractivity contribution in [2.24, 2.45) is 5.73 Å². The second-order valence-electron chi connectivity index (χ2n) is 5.02. The molecule has 0 saturated carbocycles. The smallest absolute Gasteiger partial charge is 0.00509 e. The molecule has 3 aromatic carbocycles. The largest absolute Gasteiger partial charge is 0.328 e. The Morgan fingerprint density at radius 1 is 0.889 bits per heavy atom. The van der Waals surface area contributed by atoms with Gasteiger partial charge in [-0.15, -0.1) is 0 Å². The van der Waals surface area contributed by atoms with Crippen molar-refractivity contribution < 1.29 is 0 Å². The minimum atomic E-state index is 0.206. The van der Waals surface area contributed by atoms with E-state index in [1.807, 2.05) is 6.92 Å². The molecular formula is C17H17N. The van der Waals surface area contributed by atoms with Gasteiger partial charge >= 0.3 is 0 Å². The highest BCUT2D eigenvalue weighted by Crippen LogP contribution is 2.26. The quantitative estimate of drug-likeness (QED) is 0.670. The fraction of sp³-hybridized carbons (Fsp3) is 0.176. The van der Waals surface area contributed by atoms with Gasteiger partial charge in [0.25, 0.3) is 0 Å². The summed E-state index contributed by atoms with van der Waals surface area (Å²) in [4.78, 5) is 0. The summed E-state index contributed by atoms with van der Waals surface area (Å²) in [5, 5.41) is 5.23. The van der Waals surface area contributed by atoms with Crippen molar-refractivity contribution in [1.29, 1.82) is 0 Å². The summed E-state index contributed by atoms with van der Waals surface area (Å²) in [7, 11) is 0. The molecule has 90 valence electrons. The molecule has 0 aliphatic heterocycles. The number of fused-ring (bicyclic) bond motifs is 3. The van der Waals surface area contributed by atoms with Crippen LogP contribution in [0.1, 0.15) is 12.5 Å². The molecule has 0 aliphatic rings. The zero-order valence-electron chi connectivity index (χ0n) is 10.6. The molecule has 0 aliphatic carbocycles. The first-order chi connectivity index (χ1) is 8.74. The fourth-order valence-corrected chi connectivity index (χ4v) is 2.55. The molecule has 3 aromatic rings. The van der Waals surface area contributed by atoms with E-state index in [1.54, 1.807) is 0 Å². The third-order valence-corrected chi connectivity index (χ3v) is 3.37. The molecule has 1 heteroatoms. The molecule has 0 heterocycles. The van der Waals surface area contributed by atoms with Crippen LogP contribution < -0.4 is 5.73 Å². The van der Waals surface area contributed by atoms with E-state index in [1.165, 1.54) is 27.1 Å². The van der Waals surface area contributed by atoms with Crippen molar-refractivity contribution >= 4 is 21.5 Å². The molecule has 0 fully saturated rings. The average molecular weight is 235 g/mol. The third-order valence-electron chi connectivity index (χ3n) is 3.37. The Morgan fingerprint density at radius 3 is 2.33 bits per heavy atom. The Labute approximate surface area is 107 Å². The van der Waals surface area contributed by atoms with Gasteiger partial charge in [-0.1, -0.05) is 54.6 Å². The standard InChI is InChI=1S/C17H17N/c1-12(18)10-13-6-7-15-9-8-14-4-2-3-5-16(14)17(15)11-13/h2-9,11-12H,10,18H2,1H3. The van der Waals surface area contributed by atoms with Crippen LogP contribution in [0.25, 0.3) is 21.5 Å². The Bertz CT molecular complexity index is 698. The molecule has 1 atom stereocenters. The van der Waals surface area contributed by atoms with Gasteiger partial charge in [0.15, 0.2) is 0 Å². The highest BCUT2D eigenvalue weighted by molar-refractivity contribution is 6.07. The minimum absolute atomic E-state index is 0.206. The number of rotatable bonds is 2. The Hall–Kier alpha value is -1.86. The van der Waals surface area contributed by atoms with Gasteiger partial charge in [0.1, 0.15) is 0 Å². The molecule has 1 nitrogen and oxygen atoms in total. The highest BCUT2D eigenvalue weighted by Gasteiger charge is 2.03. The fourth-order valence-electron chi connectivity index (χ4n) is 2.55. The summed E-state index contributed by atoms with van der Waals surface area (Å²) in [6.45, 7) is 2.05. The van der Waals surface area contributed by atoms with E-state index in [2.05, 4.69) is 54.6 Å². The van der Waals surface area contributed by atoms with E-state index in [0.29, 0.717) is 0 Å². The van der Waals surface area contributed by atoms with Crippen LogP contribution in [0.5, 0.6) is 0 Å². The normalized spacial score (nSPS) is 13.0. The summed E-state index contributed by atoms with van der Waals surface area (Å²) in [6, 6.07) is 19.8. The van der Waals surface area contributed by atoms with Crippen molar-refractivity contribution in [3.05, 3.63) is 60.2 Å². The third kappa shape index (κ3) is 1.98. The lowest BCUT2D eigenvalue weighted by Gasteiger charge is -2.08. The van der Waals surface area contributed by atoms with Crippen LogP contribution in [0.2, 0.25) is 0 Å². The van der Waals surface area contributed by atoms with Gasteiger partial charge in [-0.25, -0.2) is 0 Å². The van der Waals surface area contributed by atoms with Gasteiger partial charge in [0, 0.05) is 6.04 Å². The zero-order valence-corrected chi connectivity index (χ0v) is 10.6. The Balaban J connectivity index is 2.26. The molecule has 0 amide bonds. The highest BCUT2D eigenvalue weighted by atomic mass is 14.6. The van der Waals surface area contributed by atoms with Crippen LogP contribution in [0.4, 0.5) is 0 Å². The number of hydrogen-bond donors (Lipinski definition) is 1. The van der Waals surface area contributed by atoms with Gasteiger partial charge in [0.05, 0.1) is 0 Å². The molecule has 0 aromatic heterocycles. The number of nitrogens with two attached hydrogens (primary N) is 1. The maximum atomic E-state index is 5.88. The predicted octanol–water partition coefficient (Wildman–Crippen LogP) is 3.88. The molecule has 18 heavy (non-hydrogen) atoms. The lowest BCUT2D eigenvalue weighted by molar-refractivity contribution is 0.739. The summed E-state index contributed by atoms with van der Waals surface area (Å²) < 4.78 is 0. The number of hydrogen-bond acceptors (Lipinski definition) is 1. The molecule has 0 spiro atoms. The van der Waals surface area contributed by atoms with Crippen molar-refractivity contribution in [2.75, 3.05) is 0 Å². The number of benzene rings is 3. The van der Waals surface area contributed by atoms with Gasteiger partial charge in [0.2, 0.25) is 0 Å². The molecule has 0 saturated heterocycles. The first kappa shape index (κ1) is 11.2. The Kier molecular flexibility index (Phi) is 2.77. The zero-order chi connectivity index (χ0) is 12.5. The van der Waals surface area contributed by atoms with E-state index >= 15 is 0 Å². The topological polar surface area (TPSA) is 26.0 Å². The minimum Gasteiger partial charge on any atom is -0.328 e. The van der Waals surface area contributed by atoms with Gasteiger partial charge in [-0.2, -0.15) is 0 Å². The molecule has 1 unspecified atom stereocenters. The Morgan fingerprint density at radius 2 is 1.56 bits per heavy atom. The second-order valence-corrected chi connectivity index (χ2v) is 5.02. The first-order valence-corrected chi connectivity index (χ1v) is 6.40. The van der Waals surface area contributed by atoms with Crippen molar-refractivity contribution in [1.82, 2.24) is 0 Å². The summed E-state index contributed by atoms with van der Waals surface area (Å²) in [6.07, 6.45) is 0.930. The molecule has 0 bridgehead atoms. The van der Waals surface area contributed by atoms with E-state index in [-0.39, 0.29) is 6.04 Å².